The molecule has 0 radical (unpaired) electrons. The first kappa shape index (κ1) is 13.0. The van der Waals surface area contributed by atoms with Gasteiger partial charge in [0.2, 0.25) is 0 Å². The van der Waals surface area contributed by atoms with Gasteiger partial charge in [-0.2, -0.15) is 10.5 Å². The number of carbonyl (C=O) groups excluding carboxylic acids is 2. The van der Waals surface area contributed by atoms with Gasteiger partial charge in [-0.3, -0.25) is 9.59 Å². The van der Waals surface area contributed by atoms with Gasteiger partial charge >= 0.3 is 11.9 Å². The Morgan fingerprint density at radius 2 is 1.71 bits per heavy atom. The molecule has 17 heavy (non-hydrogen) atoms. The Hall–Kier alpha value is -2.08. The number of methoxy groups -OCH3 is 2. The maximum atomic E-state index is 11.6. The van der Waals surface area contributed by atoms with Crippen LogP contribution in [0.5, 0.6) is 0 Å². The summed E-state index contributed by atoms with van der Waals surface area (Å²) in [7, 11) is 2.37. The minimum absolute atomic E-state index is 0.430. The van der Waals surface area contributed by atoms with E-state index >= 15 is 0 Å². The summed E-state index contributed by atoms with van der Waals surface area (Å²) in [5, 5.41) is 17.7. The predicted octanol–water partition coefficient (Wildman–Crippen LogP) is 0.392. The van der Waals surface area contributed by atoms with Crippen LogP contribution in [0.4, 0.5) is 0 Å². The normalized spacial score (nSPS) is 17.5. The Bertz CT molecular complexity index is 400. The Morgan fingerprint density at radius 1 is 1.18 bits per heavy atom. The number of esters is 2. The van der Waals surface area contributed by atoms with Gasteiger partial charge in [0.05, 0.1) is 31.8 Å². The molecule has 1 aliphatic carbocycles. The van der Waals surface area contributed by atoms with E-state index in [0.29, 0.717) is 12.8 Å². The quantitative estimate of drug-likeness (QED) is 0.654. The van der Waals surface area contributed by atoms with E-state index in [9.17, 15) is 9.59 Å². The van der Waals surface area contributed by atoms with Gasteiger partial charge in [-0.15, -0.1) is 0 Å². The highest BCUT2D eigenvalue weighted by atomic mass is 16.5. The predicted molar refractivity (Wildman–Crippen MR) is 53.9 cm³/mol. The zero-order valence-electron chi connectivity index (χ0n) is 9.60. The van der Waals surface area contributed by atoms with Crippen molar-refractivity contribution >= 4 is 11.9 Å². The Balaban J connectivity index is 3.09. The molecule has 1 saturated carbocycles. The molecule has 0 aromatic carbocycles. The Morgan fingerprint density at radius 3 is 2.00 bits per heavy atom. The van der Waals surface area contributed by atoms with Gasteiger partial charge < -0.3 is 9.47 Å². The third-order valence-electron chi connectivity index (χ3n) is 3.04. The summed E-state index contributed by atoms with van der Waals surface area (Å²) < 4.78 is 9.20. The summed E-state index contributed by atoms with van der Waals surface area (Å²) in [5.74, 6) is -3.57. The van der Waals surface area contributed by atoms with Gasteiger partial charge in [0, 0.05) is 0 Å². The molecule has 0 heterocycles. The average Bonchev–Trinajstić information content (AvgIpc) is 3.15. The van der Waals surface area contributed by atoms with Crippen LogP contribution in [0.3, 0.4) is 0 Å². The van der Waals surface area contributed by atoms with Gasteiger partial charge in [0.1, 0.15) is 11.8 Å². The fourth-order valence-corrected chi connectivity index (χ4v) is 1.97. The van der Waals surface area contributed by atoms with Gasteiger partial charge in [-0.1, -0.05) is 0 Å². The first-order valence-electron chi connectivity index (χ1n) is 5.03. The molecule has 0 amide bonds. The number of nitriles is 2. The van der Waals surface area contributed by atoms with Crippen LogP contribution in [-0.2, 0) is 19.1 Å². The third-order valence-corrected chi connectivity index (χ3v) is 3.04. The van der Waals surface area contributed by atoms with Crippen molar-refractivity contribution < 1.29 is 19.1 Å². The van der Waals surface area contributed by atoms with Crippen LogP contribution < -0.4 is 0 Å². The maximum Gasteiger partial charge on any atom is 0.312 e. The van der Waals surface area contributed by atoms with E-state index in [2.05, 4.69) is 9.47 Å². The molecule has 1 atom stereocenters. The molecule has 1 aliphatic rings. The molecular formula is C11H12N2O4. The zero-order valence-corrected chi connectivity index (χ0v) is 9.60. The Labute approximate surface area is 98.7 Å². The van der Waals surface area contributed by atoms with Crippen molar-refractivity contribution in [2.75, 3.05) is 14.2 Å². The number of ether oxygens (including phenoxy) is 2. The number of hydrogen-bond donors (Lipinski definition) is 0. The highest BCUT2D eigenvalue weighted by Crippen LogP contribution is 2.55. The molecular weight excluding hydrogens is 224 g/mol. The van der Waals surface area contributed by atoms with Gasteiger partial charge in [0.25, 0.3) is 0 Å². The molecule has 6 heteroatoms. The van der Waals surface area contributed by atoms with Crippen molar-refractivity contribution in [1.29, 1.82) is 10.5 Å². The summed E-state index contributed by atoms with van der Waals surface area (Å²) in [6.45, 7) is 0. The number of hydrogen-bond acceptors (Lipinski definition) is 6. The molecule has 0 aromatic heterocycles. The van der Waals surface area contributed by atoms with E-state index < -0.39 is 29.2 Å². The summed E-state index contributed by atoms with van der Waals surface area (Å²) in [6.07, 6.45) is 0.860. The van der Waals surface area contributed by atoms with Gasteiger partial charge in [0.15, 0.2) is 0 Å². The van der Waals surface area contributed by atoms with Crippen LogP contribution in [0.15, 0.2) is 0 Å². The summed E-state index contributed by atoms with van der Waals surface area (Å²) in [4.78, 5) is 23.3. The molecule has 90 valence electrons. The fourth-order valence-electron chi connectivity index (χ4n) is 1.97. The number of carbonyl (C=O) groups is 2. The van der Waals surface area contributed by atoms with Crippen LogP contribution in [0, 0.1) is 39.9 Å². The standard InChI is InChI=1S/C11H12N2O4/c1-16-9(14)8(7(5-12)6-13)11(3-4-11)10(15)17-2/h7-8H,3-4H2,1-2H3. The molecule has 0 saturated heterocycles. The van der Waals surface area contributed by atoms with Crippen molar-refractivity contribution in [2.24, 2.45) is 17.3 Å². The van der Waals surface area contributed by atoms with Crippen LogP contribution in [-0.4, -0.2) is 26.2 Å². The number of rotatable bonds is 4. The average molecular weight is 236 g/mol. The van der Waals surface area contributed by atoms with Crippen molar-refractivity contribution in [3.8, 4) is 12.1 Å². The molecule has 0 N–H and O–H groups in total. The molecule has 6 nitrogen and oxygen atoms in total. The van der Waals surface area contributed by atoms with E-state index in [-0.39, 0.29) is 0 Å². The molecule has 0 spiro atoms. The van der Waals surface area contributed by atoms with E-state index in [1.807, 2.05) is 0 Å². The highest BCUT2D eigenvalue weighted by Gasteiger charge is 2.62. The first-order valence-corrected chi connectivity index (χ1v) is 5.03. The topological polar surface area (TPSA) is 100 Å². The fraction of sp³-hybridized carbons (Fsp3) is 0.636. The second kappa shape index (κ2) is 4.84. The van der Waals surface area contributed by atoms with Gasteiger partial charge in [-0.05, 0) is 12.8 Å². The van der Waals surface area contributed by atoms with Crippen molar-refractivity contribution in [1.82, 2.24) is 0 Å². The molecule has 0 aromatic rings. The van der Waals surface area contributed by atoms with E-state index in [0.717, 1.165) is 7.11 Å². The molecule has 1 unspecified atom stereocenters. The minimum Gasteiger partial charge on any atom is -0.469 e. The van der Waals surface area contributed by atoms with Crippen molar-refractivity contribution in [3.05, 3.63) is 0 Å². The van der Waals surface area contributed by atoms with E-state index in [1.165, 1.54) is 7.11 Å². The lowest BCUT2D eigenvalue weighted by Gasteiger charge is -2.22. The SMILES string of the molecule is COC(=O)C(C(C#N)C#N)C1(C(=O)OC)CC1. The van der Waals surface area contributed by atoms with Crippen LogP contribution in [0.1, 0.15) is 12.8 Å². The third kappa shape index (κ3) is 2.07. The van der Waals surface area contributed by atoms with Crippen LogP contribution in [0.25, 0.3) is 0 Å². The van der Waals surface area contributed by atoms with Gasteiger partial charge in [-0.25, -0.2) is 0 Å². The lowest BCUT2D eigenvalue weighted by molar-refractivity contribution is -0.160. The Kier molecular flexibility index (Phi) is 3.69. The summed E-state index contributed by atoms with van der Waals surface area (Å²) in [5.41, 5.74) is -1.06. The zero-order chi connectivity index (χ0) is 13.1. The second-order valence-corrected chi connectivity index (χ2v) is 3.88. The second-order valence-electron chi connectivity index (χ2n) is 3.88. The first-order chi connectivity index (χ1) is 8.07. The largest absolute Gasteiger partial charge is 0.469 e. The monoisotopic (exact) mass is 236 g/mol. The molecule has 0 bridgehead atoms. The van der Waals surface area contributed by atoms with Crippen LogP contribution in [0.2, 0.25) is 0 Å². The summed E-state index contributed by atoms with van der Waals surface area (Å²) >= 11 is 0. The van der Waals surface area contributed by atoms with Crippen molar-refractivity contribution in [2.45, 2.75) is 12.8 Å². The number of nitrogens with zero attached hydrogens (tertiary/aromatic N) is 2. The van der Waals surface area contributed by atoms with Crippen LogP contribution >= 0.6 is 0 Å². The maximum absolute atomic E-state index is 11.6. The lowest BCUT2D eigenvalue weighted by Crippen LogP contribution is -2.37. The lowest BCUT2D eigenvalue weighted by atomic mass is 9.80. The smallest absolute Gasteiger partial charge is 0.312 e. The van der Waals surface area contributed by atoms with Crippen molar-refractivity contribution in [3.63, 3.8) is 0 Å². The highest BCUT2D eigenvalue weighted by molar-refractivity contribution is 5.88. The molecule has 1 fully saturated rings. The summed E-state index contributed by atoms with van der Waals surface area (Å²) in [6, 6.07) is 3.44. The molecule has 0 aliphatic heterocycles. The van der Waals surface area contributed by atoms with E-state index in [4.69, 9.17) is 10.5 Å². The minimum atomic E-state index is -1.20. The molecule has 1 rings (SSSR count). The van der Waals surface area contributed by atoms with E-state index in [1.54, 1.807) is 12.1 Å².